The molecule has 1 atom stereocenters. The van der Waals surface area contributed by atoms with E-state index in [0.717, 1.165) is 18.4 Å². The van der Waals surface area contributed by atoms with E-state index in [4.69, 9.17) is 14.2 Å². The summed E-state index contributed by atoms with van der Waals surface area (Å²) in [6, 6.07) is 8.20. The summed E-state index contributed by atoms with van der Waals surface area (Å²) in [6.07, 6.45) is 5.11. The Morgan fingerprint density at radius 1 is 0.974 bits per heavy atom. The lowest BCUT2D eigenvalue weighted by molar-refractivity contribution is -0.158. The van der Waals surface area contributed by atoms with Crippen molar-refractivity contribution in [2.45, 2.75) is 110 Å². The first-order valence-corrected chi connectivity index (χ1v) is 14.2. The standard InChI is InChI=1S/C30H44N2O7/c1-5-37-25(33)22-13-15-23(16-14-22)31-27(35)30(17-9-10-18-30)19-24(26(34)39-29(2,3)4)32-28(36)38-20-21-11-7-6-8-12-21/h6-8,11-12,22-24H,5,9-10,13-20H2,1-4H3,(H,31,35)(H,32,36). The first-order chi connectivity index (χ1) is 18.5. The van der Waals surface area contributed by atoms with Gasteiger partial charge in [0.1, 0.15) is 18.2 Å². The van der Waals surface area contributed by atoms with Crippen LogP contribution in [0.1, 0.15) is 91.0 Å². The van der Waals surface area contributed by atoms with Crippen LogP contribution < -0.4 is 10.6 Å². The minimum atomic E-state index is -1.03. The zero-order chi connectivity index (χ0) is 28.5. The quantitative estimate of drug-likeness (QED) is 0.320. The van der Waals surface area contributed by atoms with Gasteiger partial charge in [-0.3, -0.25) is 9.59 Å². The lowest BCUT2D eigenvalue weighted by atomic mass is 9.78. The van der Waals surface area contributed by atoms with Crippen LogP contribution in [0.15, 0.2) is 30.3 Å². The number of rotatable bonds is 10. The zero-order valence-corrected chi connectivity index (χ0v) is 23.8. The van der Waals surface area contributed by atoms with E-state index < -0.39 is 29.1 Å². The number of carbonyl (C=O) groups is 4. The molecule has 0 bridgehead atoms. The lowest BCUT2D eigenvalue weighted by Crippen LogP contribution is -2.52. The van der Waals surface area contributed by atoms with Crippen molar-refractivity contribution in [2.75, 3.05) is 6.61 Å². The molecule has 0 saturated heterocycles. The molecule has 2 aliphatic rings. The minimum Gasteiger partial charge on any atom is -0.466 e. The fourth-order valence-electron chi connectivity index (χ4n) is 5.51. The van der Waals surface area contributed by atoms with Crippen molar-refractivity contribution in [1.29, 1.82) is 0 Å². The largest absolute Gasteiger partial charge is 0.466 e. The maximum atomic E-state index is 13.7. The Morgan fingerprint density at radius 3 is 2.21 bits per heavy atom. The van der Waals surface area contributed by atoms with Gasteiger partial charge in [-0.15, -0.1) is 0 Å². The van der Waals surface area contributed by atoms with Crippen LogP contribution in [0.2, 0.25) is 0 Å². The Bertz CT molecular complexity index is 975. The molecule has 2 fully saturated rings. The van der Waals surface area contributed by atoms with Crippen molar-refractivity contribution < 1.29 is 33.4 Å². The highest BCUT2D eigenvalue weighted by Gasteiger charge is 2.46. The summed E-state index contributed by atoms with van der Waals surface area (Å²) in [5.41, 5.74) is -0.731. The molecule has 216 valence electrons. The molecule has 9 heteroatoms. The van der Waals surface area contributed by atoms with Crippen molar-refractivity contribution in [2.24, 2.45) is 11.3 Å². The second kappa shape index (κ2) is 13.8. The van der Waals surface area contributed by atoms with Gasteiger partial charge in [-0.05, 0) is 78.2 Å². The molecule has 39 heavy (non-hydrogen) atoms. The summed E-state index contributed by atoms with van der Waals surface area (Å²) in [5.74, 6) is -0.984. The monoisotopic (exact) mass is 544 g/mol. The topological polar surface area (TPSA) is 120 Å². The molecule has 0 aromatic heterocycles. The van der Waals surface area contributed by atoms with Crippen molar-refractivity contribution in [3.63, 3.8) is 0 Å². The summed E-state index contributed by atoms with van der Waals surface area (Å²) in [7, 11) is 0. The number of alkyl carbamates (subject to hydrolysis) is 1. The Morgan fingerprint density at radius 2 is 1.62 bits per heavy atom. The fourth-order valence-corrected chi connectivity index (χ4v) is 5.51. The number of benzene rings is 1. The maximum absolute atomic E-state index is 13.7. The van der Waals surface area contributed by atoms with Crippen LogP contribution in [0.25, 0.3) is 0 Å². The second-order valence-corrected chi connectivity index (χ2v) is 11.8. The molecular weight excluding hydrogens is 500 g/mol. The molecule has 1 unspecified atom stereocenters. The number of ether oxygens (including phenoxy) is 3. The smallest absolute Gasteiger partial charge is 0.408 e. The second-order valence-electron chi connectivity index (χ2n) is 11.8. The Hall–Kier alpha value is -3.10. The van der Waals surface area contributed by atoms with Crippen molar-refractivity contribution in [3.8, 4) is 0 Å². The van der Waals surface area contributed by atoms with E-state index in [1.165, 1.54) is 0 Å². The van der Waals surface area contributed by atoms with E-state index in [-0.39, 0.29) is 36.9 Å². The Labute approximate surface area is 231 Å². The van der Waals surface area contributed by atoms with E-state index in [2.05, 4.69) is 10.6 Å². The van der Waals surface area contributed by atoms with Crippen LogP contribution in [0, 0.1) is 11.3 Å². The van der Waals surface area contributed by atoms with Gasteiger partial charge in [-0.2, -0.15) is 0 Å². The molecule has 1 aromatic rings. The van der Waals surface area contributed by atoms with E-state index in [1.807, 2.05) is 30.3 Å². The number of hydrogen-bond acceptors (Lipinski definition) is 7. The third-order valence-electron chi connectivity index (χ3n) is 7.52. The highest BCUT2D eigenvalue weighted by Crippen LogP contribution is 2.43. The number of nitrogens with one attached hydrogen (secondary N) is 2. The molecule has 0 radical (unpaired) electrons. The summed E-state index contributed by atoms with van der Waals surface area (Å²) in [5, 5.41) is 5.88. The summed E-state index contributed by atoms with van der Waals surface area (Å²) < 4.78 is 16.1. The molecular formula is C30H44N2O7. The summed E-state index contributed by atoms with van der Waals surface area (Å²) in [6.45, 7) is 7.52. The van der Waals surface area contributed by atoms with Crippen LogP contribution >= 0.6 is 0 Å². The molecule has 0 spiro atoms. The van der Waals surface area contributed by atoms with E-state index >= 15 is 0 Å². The third-order valence-corrected chi connectivity index (χ3v) is 7.52. The van der Waals surface area contributed by atoms with Gasteiger partial charge in [0.05, 0.1) is 17.9 Å². The van der Waals surface area contributed by atoms with Crippen LogP contribution in [0.3, 0.4) is 0 Å². The Balaban J connectivity index is 1.66. The summed E-state index contributed by atoms with van der Waals surface area (Å²) >= 11 is 0. The number of esters is 2. The van der Waals surface area contributed by atoms with Gasteiger partial charge in [0, 0.05) is 6.04 Å². The average Bonchev–Trinajstić information content (AvgIpc) is 3.37. The van der Waals surface area contributed by atoms with E-state index in [0.29, 0.717) is 45.1 Å². The third kappa shape index (κ3) is 9.25. The molecule has 2 N–H and O–H groups in total. The summed E-state index contributed by atoms with van der Waals surface area (Å²) in [4.78, 5) is 51.7. The molecule has 2 saturated carbocycles. The molecule has 2 amide bonds. The first-order valence-electron chi connectivity index (χ1n) is 14.2. The van der Waals surface area contributed by atoms with Gasteiger partial charge in [-0.25, -0.2) is 9.59 Å². The number of amides is 2. The fraction of sp³-hybridized carbons (Fsp3) is 0.667. The molecule has 2 aliphatic carbocycles. The number of carbonyl (C=O) groups excluding carboxylic acids is 4. The SMILES string of the molecule is CCOC(=O)C1CCC(NC(=O)C2(CC(NC(=O)OCc3ccccc3)C(=O)OC(C)(C)C)CCCC2)CC1. The normalized spacial score (nSPS) is 21.3. The molecule has 1 aromatic carbocycles. The van der Waals surface area contributed by atoms with Gasteiger partial charge < -0.3 is 24.8 Å². The van der Waals surface area contributed by atoms with Gasteiger partial charge in [0.25, 0.3) is 0 Å². The van der Waals surface area contributed by atoms with Gasteiger partial charge >= 0.3 is 18.0 Å². The van der Waals surface area contributed by atoms with Crippen LogP contribution in [-0.4, -0.2) is 48.2 Å². The maximum Gasteiger partial charge on any atom is 0.408 e. The van der Waals surface area contributed by atoms with Crippen molar-refractivity contribution in [1.82, 2.24) is 10.6 Å². The minimum absolute atomic E-state index is 0.0376. The predicted molar refractivity (Wildman–Crippen MR) is 145 cm³/mol. The molecule has 0 aliphatic heterocycles. The van der Waals surface area contributed by atoms with Gasteiger partial charge in [0.2, 0.25) is 5.91 Å². The predicted octanol–water partition coefficient (Wildman–Crippen LogP) is 4.81. The highest BCUT2D eigenvalue weighted by molar-refractivity contribution is 5.86. The van der Waals surface area contributed by atoms with Crippen LogP contribution in [0.5, 0.6) is 0 Å². The zero-order valence-electron chi connectivity index (χ0n) is 23.8. The number of hydrogen-bond donors (Lipinski definition) is 2. The van der Waals surface area contributed by atoms with Crippen molar-refractivity contribution in [3.05, 3.63) is 35.9 Å². The van der Waals surface area contributed by atoms with Crippen molar-refractivity contribution >= 4 is 23.9 Å². The van der Waals surface area contributed by atoms with E-state index in [1.54, 1.807) is 27.7 Å². The first kappa shape index (κ1) is 30.4. The molecule has 3 rings (SSSR count). The average molecular weight is 545 g/mol. The lowest BCUT2D eigenvalue weighted by Gasteiger charge is -2.35. The van der Waals surface area contributed by atoms with Gasteiger partial charge in [0.15, 0.2) is 0 Å². The molecule has 0 heterocycles. The van der Waals surface area contributed by atoms with Crippen LogP contribution in [-0.2, 0) is 35.2 Å². The highest BCUT2D eigenvalue weighted by atomic mass is 16.6. The van der Waals surface area contributed by atoms with Gasteiger partial charge in [-0.1, -0.05) is 43.2 Å². The van der Waals surface area contributed by atoms with Crippen LogP contribution in [0.4, 0.5) is 4.79 Å². The Kier molecular flexibility index (Phi) is 10.8. The van der Waals surface area contributed by atoms with E-state index in [9.17, 15) is 19.2 Å². The molecule has 9 nitrogen and oxygen atoms in total.